The van der Waals surface area contributed by atoms with E-state index in [0.717, 1.165) is 5.56 Å². The van der Waals surface area contributed by atoms with Crippen LogP contribution in [-0.2, 0) is 4.74 Å². The zero-order chi connectivity index (χ0) is 12.3. The Labute approximate surface area is 103 Å². The summed E-state index contributed by atoms with van der Waals surface area (Å²) in [6, 6.07) is 6.69. The maximum Gasteiger partial charge on any atom is 0.338 e. The largest absolute Gasteiger partial charge is 0.465 e. The Hall–Kier alpha value is -1.94. The first-order chi connectivity index (χ1) is 8.20. The summed E-state index contributed by atoms with van der Waals surface area (Å²) in [5.74, 6) is -0.440. The van der Waals surface area contributed by atoms with E-state index >= 15 is 0 Å². The summed E-state index contributed by atoms with van der Waals surface area (Å²) in [6.07, 6.45) is 3.30. The van der Waals surface area contributed by atoms with Gasteiger partial charge in [0.15, 0.2) is 0 Å². The number of ether oxygens (including phenoxy) is 1. The van der Waals surface area contributed by atoms with E-state index in [1.165, 1.54) is 13.2 Å². The van der Waals surface area contributed by atoms with Crippen LogP contribution in [0.15, 0.2) is 36.7 Å². The standard InChI is InChI=1S/C12H9ClN2O2/c1-17-12(16)9-6-10(15-11(13)7-9)8-2-4-14-5-3-8/h2-7H,1H3. The molecule has 0 fully saturated rings. The van der Waals surface area contributed by atoms with Crippen molar-refractivity contribution in [2.24, 2.45) is 0 Å². The first-order valence-corrected chi connectivity index (χ1v) is 5.25. The smallest absolute Gasteiger partial charge is 0.338 e. The van der Waals surface area contributed by atoms with Crippen molar-refractivity contribution in [3.63, 3.8) is 0 Å². The number of methoxy groups -OCH3 is 1. The molecule has 4 nitrogen and oxygen atoms in total. The lowest BCUT2D eigenvalue weighted by atomic mass is 10.1. The third-order valence-corrected chi connectivity index (χ3v) is 2.38. The van der Waals surface area contributed by atoms with Crippen molar-refractivity contribution < 1.29 is 9.53 Å². The molecule has 2 rings (SSSR count). The Morgan fingerprint density at radius 2 is 2.00 bits per heavy atom. The summed E-state index contributed by atoms with van der Waals surface area (Å²) < 4.78 is 4.64. The number of pyridine rings is 2. The van der Waals surface area contributed by atoms with Crippen molar-refractivity contribution in [2.75, 3.05) is 7.11 Å². The molecule has 0 saturated carbocycles. The third-order valence-electron chi connectivity index (χ3n) is 2.19. The molecule has 0 aliphatic carbocycles. The molecule has 2 aromatic rings. The van der Waals surface area contributed by atoms with Gasteiger partial charge in [0.05, 0.1) is 18.4 Å². The van der Waals surface area contributed by atoms with Gasteiger partial charge in [-0.2, -0.15) is 0 Å². The number of nitrogens with zero attached hydrogens (tertiary/aromatic N) is 2. The number of aromatic nitrogens is 2. The van der Waals surface area contributed by atoms with E-state index in [0.29, 0.717) is 11.3 Å². The van der Waals surface area contributed by atoms with Gasteiger partial charge in [-0.15, -0.1) is 0 Å². The molecule has 17 heavy (non-hydrogen) atoms. The SMILES string of the molecule is COC(=O)c1cc(Cl)nc(-c2ccncc2)c1. The molecule has 0 unspecified atom stereocenters. The van der Waals surface area contributed by atoms with Crippen LogP contribution < -0.4 is 0 Å². The highest BCUT2D eigenvalue weighted by molar-refractivity contribution is 6.29. The number of carbonyl (C=O) groups excluding carboxylic acids is 1. The first-order valence-electron chi connectivity index (χ1n) is 4.87. The average molecular weight is 249 g/mol. The molecule has 0 saturated heterocycles. The van der Waals surface area contributed by atoms with E-state index in [-0.39, 0.29) is 5.15 Å². The van der Waals surface area contributed by atoms with Gasteiger partial charge in [-0.3, -0.25) is 4.98 Å². The number of carbonyl (C=O) groups is 1. The minimum atomic E-state index is -0.440. The van der Waals surface area contributed by atoms with Crippen molar-refractivity contribution in [1.29, 1.82) is 0 Å². The predicted molar refractivity (Wildman–Crippen MR) is 63.8 cm³/mol. The summed E-state index contributed by atoms with van der Waals surface area (Å²) in [7, 11) is 1.32. The number of hydrogen-bond acceptors (Lipinski definition) is 4. The monoisotopic (exact) mass is 248 g/mol. The zero-order valence-corrected chi connectivity index (χ0v) is 9.81. The second-order valence-electron chi connectivity index (χ2n) is 3.29. The number of rotatable bonds is 2. The van der Waals surface area contributed by atoms with Crippen LogP contribution in [0.3, 0.4) is 0 Å². The Balaban J connectivity index is 2.49. The quantitative estimate of drug-likeness (QED) is 0.606. The summed E-state index contributed by atoms with van der Waals surface area (Å²) in [6.45, 7) is 0. The van der Waals surface area contributed by atoms with Crippen molar-refractivity contribution in [3.8, 4) is 11.3 Å². The van der Waals surface area contributed by atoms with Crippen molar-refractivity contribution in [1.82, 2.24) is 9.97 Å². The second kappa shape index (κ2) is 4.93. The molecule has 0 radical (unpaired) electrons. The lowest BCUT2D eigenvalue weighted by molar-refractivity contribution is 0.0600. The molecule has 2 aromatic heterocycles. The van der Waals surface area contributed by atoms with Crippen molar-refractivity contribution >= 4 is 17.6 Å². The van der Waals surface area contributed by atoms with Crippen LogP contribution in [0.2, 0.25) is 5.15 Å². The van der Waals surface area contributed by atoms with Crippen LogP contribution in [0.4, 0.5) is 0 Å². The summed E-state index contributed by atoms with van der Waals surface area (Å²) in [5.41, 5.74) is 1.83. The molecule has 0 aliphatic heterocycles. The van der Waals surface area contributed by atoms with Gasteiger partial charge < -0.3 is 4.74 Å². The van der Waals surface area contributed by atoms with Gasteiger partial charge in [0.1, 0.15) is 5.15 Å². The van der Waals surface area contributed by atoms with E-state index in [9.17, 15) is 4.79 Å². The van der Waals surface area contributed by atoms with Gasteiger partial charge in [-0.05, 0) is 24.3 Å². The van der Waals surface area contributed by atoms with Crippen LogP contribution in [-0.4, -0.2) is 23.0 Å². The zero-order valence-electron chi connectivity index (χ0n) is 9.05. The number of hydrogen-bond donors (Lipinski definition) is 0. The van der Waals surface area contributed by atoms with E-state index in [4.69, 9.17) is 11.6 Å². The molecule has 0 N–H and O–H groups in total. The molecular weight excluding hydrogens is 240 g/mol. The van der Waals surface area contributed by atoms with E-state index in [1.54, 1.807) is 30.6 Å². The molecule has 86 valence electrons. The molecule has 0 atom stereocenters. The number of halogens is 1. The lowest BCUT2D eigenvalue weighted by Crippen LogP contribution is -2.02. The fourth-order valence-corrected chi connectivity index (χ4v) is 1.61. The third kappa shape index (κ3) is 2.60. The highest BCUT2D eigenvalue weighted by Crippen LogP contribution is 2.20. The first kappa shape index (κ1) is 11.5. The Bertz CT molecular complexity index is 543. The average Bonchev–Trinajstić information content (AvgIpc) is 2.38. The summed E-state index contributed by atoms with van der Waals surface area (Å²) in [4.78, 5) is 19.5. The molecule has 0 aliphatic rings. The molecule has 0 amide bonds. The molecule has 2 heterocycles. The number of esters is 1. The predicted octanol–water partition coefficient (Wildman–Crippen LogP) is 2.58. The maximum absolute atomic E-state index is 11.4. The van der Waals surface area contributed by atoms with Gasteiger partial charge >= 0.3 is 5.97 Å². The van der Waals surface area contributed by atoms with Crippen LogP contribution in [0.5, 0.6) is 0 Å². The molecule has 0 bridgehead atoms. The van der Waals surface area contributed by atoms with Crippen LogP contribution in [0.1, 0.15) is 10.4 Å². The molecule has 0 aromatic carbocycles. The molecule has 5 heteroatoms. The van der Waals surface area contributed by atoms with Gasteiger partial charge in [0, 0.05) is 18.0 Å². The van der Waals surface area contributed by atoms with Gasteiger partial charge in [-0.1, -0.05) is 11.6 Å². The van der Waals surface area contributed by atoms with Crippen LogP contribution in [0.25, 0.3) is 11.3 Å². The Morgan fingerprint density at radius 3 is 2.65 bits per heavy atom. The van der Waals surface area contributed by atoms with E-state index in [1.807, 2.05) is 0 Å². The van der Waals surface area contributed by atoms with Crippen LogP contribution in [0, 0.1) is 0 Å². The van der Waals surface area contributed by atoms with E-state index in [2.05, 4.69) is 14.7 Å². The Morgan fingerprint density at radius 1 is 1.29 bits per heavy atom. The summed E-state index contributed by atoms with van der Waals surface area (Å²) in [5, 5.41) is 0.250. The minimum Gasteiger partial charge on any atom is -0.465 e. The second-order valence-corrected chi connectivity index (χ2v) is 3.68. The highest BCUT2D eigenvalue weighted by atomic mass is 35.5. The minimum absolute atomic E-state index is 0.250. The lowest BCUT2D eigenvalue weighted by Gasteiger charge is -2.04. The topological polar surface area (TPSA) is 52.1 Å². The van der Waals surface area contributed by atoms with Gasteiger partial charge in [0.25, 0.3) is 0 Å². The van der Waals surface area contributed by atoms with Gasteiger partial charge in [-0.25, -0.2) is 9.78 Å². The fraction of sp³-hybridized carbons (Fsp3) is 0.0833. The van der Waals surface area contributed by atoms with Crippen LogP contribution >= 0.6 is 11.6 Å². The Kier molecular flexibility index (Phi) is 3.35. The molecular formula is C12H9ClN2O2. The van der Waals surface area contributed by atoms with Gasteiger partial charge in [0.2, 0.25) is 0 Å². The van der Waals surface area contributed by atoms with Crippen molar-refractivity contribution in [3.05, 3.63) is 47.4 Å². The van der Waals surface area contributed by atoms with E-state index < -0.39 is 5.97 Å². The summed E-state index contributed by atoms with van der Waals surface area (Å²) >= 11 is 5.87. The highest BCUT2D eigenvalue weighted by Gasteiger charge is 2.10. The normalized spacial score (nSPS) is 10.0. The van der Waals surface area contributed by atoms with Crippen molar-refractivity contribution in [2.45, 2.75) is 0 Å². The molecule has 0 spiro atoms. The maximum atomic E-state index is 11.4. The fourth-order valence-electron chi connectivity index (χ4n) is 1.40.